The maximum Gasteiger partial charge on any atom is 0.310 e. The maximum absolute atomic E-state index is 10.8. The van der Waals surface area contributed by atoms with E-state index in [1.54, 1.807) is 0 Å². The first-order valence-corrected chi connectivity index (χ1v) is 4.31. The summed E-state index contributed by atoms with van der Waals surface area (Å²) in [4.78, 5) is 10.8. The number of hydrogen-bond acceptors (Lipinski definition) is 2. The summed E-state index contributed by atoms with van der Waals surface area (Å²) in [6.45, 7) is 2.35. The number of ether oxygens (including phenoxy) is 1. The Balaban J connectivity index is 2.20. The van der Waals surface area contributed by atoms with Crippen LogP contribution in [0.15, 0.2) is 0 Å². The summed E-state index contributed by atoms with van der Waals surface area (Å²) in [5.74, 6) is 0.197. The summed E-state index contributed by atoms with van der Waals surface area (Å²) < 4.78 is 5.34. The minimum atomic E-state index is -0.0168. The lowest BCUT2D eigenvalue weighted by atomic mass is 10.4. The minimum absolute atomic E-state index is 0.0168. The minimum Gasteiger partial charge on any atom is -0.466 e. The van der Waals surface area contributed by atoms with E-state index in [4.69, 9.17) is 4.74 Å². The summed E-state index contributed by atoms with van der Waals surface area (Å²) in [6, 6.07) is 0. The van der Waals surface area contributed by atoms with Gasteiger partial charge in [0.05, 0.1) is 12.5 Å². The second-order valence-electron chi connectivity index (χ2n) is 2.11. The Labute approximate surface area is 68.1 Å². The Morgan fingerprint density at radius 1 is 1.89 bits per heavy atom. The third-order valence-electron chi connectivity index (χ3n) is 1.30. The molecule has 0 radical (unpaired) electrons. The van der Waals surface area contributed by atoms with Crippen LogP contribution >= 0.6 is 22.6 Å². The van der Waals surface area contributed by atoms with E-state index in [2.05, 4.69) is 22.6 Å². The fourth-order valence-corrected chi connectivity index (χ4v) is 1.50. The van der Waals surface area contributed by atoms with E-state index in [1.807, 2.05) is 6.92 Å². The molecular weight excluding hydrogens is 231 g/mol. The Morgan fingerprint density at radius 2 is 2.44 bits per heavy atom. The topological polar surface area (TPSA) is 26.3 Å². The molecule has 0 aromatic rings. The van der Waals surface area contributed by atoms with Gasteiger partial charge in [0.1, 0.15) is 0 Å². The number of carbonyl (C=O) groups is 1. The highest BCUT2D eigenvalue weighted by Gasteiger charge is 2.42. The molecule has 3 heteroatoms. The molecule has 9 heavy (non-hydrogen) atoms. The molecule has 2 nitrogen and oxygen atoms in total. The van der Waals surface area contributed by atoms with Crippen LogP contribution in [0.1, 0.15) is 13.3 Å². The Kier molecular flexibility index (Phi) is 2.32. The van der Waals surface area contributed by atoms with Gasteiger partial charge in [0.2, 0.25) is 0 Å². The van der Waals surface area contributed by atoms with Crippen LogP contribution in [0.3, 0.4) is 0 Å². The maximum atomic E-state index is 10.8. The zero-order valence-electron chi connectivity index (χ0n) is 5.26. The zero-order valence-corrected chi connectivity index (χ0v) is 7.42. The van der Waals surface area contributed by atoms with Crippen molar-refractivity contribution in [3.8, 4) is 0 Å². The average molecular weight is 240 g/mol. The number of esters is 1. The lowest BCUT2D eigenvalue weighted by Gasteiger charge is -1.96. The molecule has 1 saturated carbocycles. The zero-order chi connectivity index (χ0) is 6.85. The van der Waals surface area contributed by atoms with Gasteiger partial charge in [-0.2, -0.15) is 0 Å². The monoisotopic (exact) mass is 240 g/mol. The van der Waals surface area contributed by atoms with E-state index in [0.717, 1.165) is 6.42 Å². The van der Waals surface area contributed by atoms with E-state index < -0.39 is 0 Å². The van der Waals surface area contributed by atoms with Crippen molar-refractivity contribution >= 4 is 28.6 Å². The molecule has 1 aliphatic carbocycles. The third-order valence-corrected chi connectivity index (χ3v) is 2.68. The Morgan fingerprint density at radius 3 is 2.78 bits per heavy atom. The molecule has 0 saturated heterocycles. The standard InChI is InChI=1S/C6H9IO2/c1-2-9-6(8)4-3-5(4)7/h4-5H,2-3H2,1H3/t4-,5+/m0/s1. The summed E-state index contributed by atoms with van der Waals surface area (Å²) in [5.41, 5.74) is 0. The molecule has 52 valence electrons. The molecule has 0 unspecified atom stereocenters. The number of carbonyl (C=O) groups excluding carboxylic acids is 1. The molecule has 0 heterocycles. The van der Waals surface area contributed by atoms with Crippen LogP contribution in [0.25, 0.3) is 0 Å². The van der Waals surface area contributed by atoms with Crippen molar-refractivity contribution in [1.29, 1.82) is 0 Å². The molecule has 0 amide bonds. The quantitative estimate of drug-likeness (QED) is 0.414. The van der Waals surface area contributed by atoms with Crippen LogP contribution in [0.5, 0.6) is 0 Å². The van der Waals surface area contributed by atoms with Gasteiger partial charge in [0.25, 0.3) is 0 Å². The van der Waals surface area contributed by atoms with Gasteiger partial charge in [-0.1, -0.05) is 22.6 Å². The van der Waals surface area contributed by atoms with Crippen molar-refractivity contribution in [2.24, 2.45) is 5.92 Å². The van der Waals surface area contributed by atoms with Crippen LogP contribution in [0, 0.1) is 5.92 Å². The van der Waals surface area contributed by atoms with Crippen LogP contribution in [-0.4, -0.2) is 16.5 Å². The highest BCUT2D eigenvalue weighted by molar-refractivity contribution is 14.1. The summed E-state index contributed by atoms with van der Waals surface area (Å²) in [6.07, 6.45) is 1.01. The van der Waals surface area contributed by atoms with Crippen LogP contribution in [0.2, 0.25) is 0 Å². The molecule has 0 aromatic carbocycles. The molecule has 0 aliphatic heterocycles. The number of halogens is 1. The molecule has 1 fully saturated rings. The largest absolute Gasteiger partial charge is 0.466 e. The SMILES string of the molecule is CCOC(=O)[C@H]1C[C@H]1I. The predicted molar refractivity (Wildman–Crippen MR) is 42.5 cm³/mol. The van der Waals surface area contributed by atoms with Gasteiger partial charge in [0.15, 0.2) is 0 Å². The lowest BCUT2D eigenvalue weighted by molar-refractivity contribution is -0.144. The van der Waals surface area contributed by atoms with E-state index in [9.17, 15) is 4.79 Å². The van der Waals surface area contributed by atoms with Gasteiger partial charge in [-0.05, 0) is 13.3 Å². The van der Waals surface area contributed by atoms with Crippen molar-refractivity contribution in [3.05, 3.63) is 0 Å². The fraction of sp³-hybridized carbons (Fsp3) is 0.833. The number of alkyl halides is 1. The molecule has 0 bridgehead atoms. The van der Waals surface area contributed by atoms with Gasteiger partial charge in [0, 0.05) is 3.92 Å². The Bertz CT molecular complexity index is 124. The van der Waals surface area contributed by atoms with E-state index in [0.29, 0.717) is 10.5 Å². The summed E-state index contributed by atoms with van der Waals surface area (Å²) in [5, 5.41) is 0. The van der Waals surface area contributed by atoms with Crippen molar-refractivity contribution in [3.63, 3.8) is 0 Å². The van der Waals surface area contributed by atoms with Crippen molar-refractivity contribution in [1.82, 2.24) is 0 Å². The first-order chi connectivity index (χ1) is 4.25. The number of rotatable bonds is 2. The summed E-state index contributed by atoms with van der Waals surface area (Å²) >= 11 is 2.27. The van der Waals surface area contributed by atoms with E-state index >= 15 is 0 Å². The smallest absolute Gasteiger partial charge is 0.310 e. The third kappa shape index (κ3) is 1.81. The second-order valence-corrected chi connectivity index (χ2v) is 3.71. The van der Waals surface area contributed by atoms with Gasteiger partial charge >= 0.3 is 5.97 Å². The van der Waals surface area contributed by atoms with Crippen molar-refractivity contribution in [2.75, 3.05) is 6.61 Å². The van der Waals surface area contributed by atoms with Gasteiger partial charge in [-0.3, -0.25) is 4.79 Å². The first kappa shape index (κ1) is 7.31. The fourth-order valence-electron chi connectivity index (χ4n) is 0.657. The molecular formula is C6H9IO2. The lowest BCUT2D eigenvalue weighted by Crippen LogP contribution is -2.06. The molecule has 0 aromatic heterocycles. The molecule has 1 aliphatic rings. The highest BCUT2D eigenvalue weighted by Crippen LogP contribution is 2.38. The summed E-state index contributed by atoms with van der Waals surface area (Å²) in [7, 11) is 0. The van der Waals surface area contributed by atoms with Gasteiger partial charge in [-0.15, -0.1) is 0 Å². The van der Waals surface area contributed by atoms with Crippen molar-refractivity contribution < 1.29 is 9.53 Å². The van der Waals surface area contributed by atoms with Crippen LogP contribution in [0.4, 0.5) is 0 Å². The van der Waals surface area contributed by atoms with E-state index in [1.165, 1.54) is 0 Å². The molecule has 0 N–H and O–H groups in total. The van der Waals surface area contributed by atoms with Gasteiger partial charge in [-0.25, -0.2) is 0 Å². The average Bonchev–Trinajstić information content (AvgIpc) is 2.47. The Hall–Kier alpha value is 0.200. The normalized spacial score (nSPS) is 31.8. The molecule has 0 spiro atoms. The molecule has 1 rings (SSSR count). The molecule has 2 atom stereocenters. The van der Waals surface area contributed by atoms with Crippen LogP contribution < -0.4 is 0 Å². The first-order valence-electron chi connectivity index (χ1n) is 3.06. The van der Waals surface area contributed by atoms with Crippen molar-refractivity contribution in [2.45, 2.75) is 17.3 Å². The second kappa shape index (κ2) is 2.86. The van der Waals surface area contributed by atoms with Gasteiger partial charge < -0.3 is 4.74 Å². The predicted octanol–water partition coefficient (Wildman–Crippen LogP) is 1.37. The number of hydrogen-bond donors (Lipinski definition) is 0. The van der Waals surface area contributed by atoms with E-state index in [-0.39, 0.29) is 11.9 Å². The van der Waals surface area contributed by atoms with Crippen LogP contribution in [-0.2, 0) is 9.53 Å². The highest BCUT2D eigenvalue weighted by atomic mass is 127.